The van der Waals surface area contributed by atoms with Crippen LogP contribution in [0, 0.1) is 0 Å². The van der Waals surface area contributed by atoms with Gasteiger partial charge in [-0.3, -0.25) is 4.79 Å². The molecule has 0 spiro atoms. The first-order valence-corrected chi connectivity index (χ1v) is 6.77. The smallest absolute Gasteiger partial charge is 0.169 e. The lowest BCUT2D eigenvalue weighted by Crippen LogP contribution is -2.02. The van der Waals surface area contributed by atoms with E-state index in [4.69, 9.17) is 0 Å². The van der Waals surface area contributed by atoms with Gasteiger partial charge in [-0.25, -0.2) is 4.98 Å². The van der Waals surface area contributed by atoms with Crippen LogP contribution in [0.1, 0.15) is 34.5 Å². The second kappa shape index (κ2) is 4.41. The van der Waals surface area contributed by atoms with Crippen LogP contribution >= 0.6 is 11.3 Å². The van der Waals surface area contributed by atoms with Gasteiger partial charge < -0.3 is 0 Å². The summed E-state index contributed by atoms with van der Waals surface area (Å²) in [5.41, 5.74) is 4.61. The quantitative estimate of drug-likeness (QED) is 0.756. The molecule has 0 bridgehead atoms. The van der Waals surface area contributed by atoms with Crippen LogP contribution in [-0.4, -0.2) is 11.3 Å². The Morgan fingerprint density at radius 1 is 1.18 bits per heavy atom. The van der Waals surface area contributed by atoms with Gasteiger partial charge in [0.1, 0.15) is 10.7 Å². The van der Waals surface area contributed by atoms with E-state index in [1.807, 2.05) is 5.38 Å². The summed E-state index contributed by atoms with van der Waals surface area (Å²) in [6, 6.07) is 6.57. The minimum atomic E-state index is 0.530. The Kier molecular flexibility index (Phi) is 2.77. The molecule has 0 saturated carbocycles. The summed E-state index contributed by atoms with van der Waals surface area (Å²) in [5, 5.41) is 2.75. The summed E-state index contributed by atoms with van der Waals surface area (Å²) >= 11 is 1.54. The van der Waals surface area contributed by atoms with Crippen molar-refractivity contribution in [3.63, 3.8) is 0 Å². The van der Waals surface area contributed by atoms with Crippen molar-refractivity contribution in [2.45, 2.75) is 25.7 Å². The number of carbonyl (C=O) groups is 1. The second-order valence-electron chi connectivity index (χ2n) is 4.39. The summed E-state index contributed by atoms with van der Waals surface area (Å²) in [5.74, 6) is 0. The SMILES string of the molecule is O=Cc1csc(-c2ccc3c(c2)CCCC3)n1. The van der Waals surface area contributed by atoms with Crippen molar-refractivity contribution in [3.05, 3.63) is 40.4 Å². The molecular weight excluding hydrogens is 230 g/mol. The number of fused-ring (bicyclic) bond motifs is 1. The molecule has 1 aliphatic carbocycles. The van der Waals surface area contributed by atoms with Crippen molar-refractivity contribution >= 4 is 17.6 Å². The Bertz CT molecular complexity index is 559. The summed E-state index contributed by atoms with van der Waals surface area (Å²) < 4.78 is 0. The molecule has 0 aliphatic heterocycles. The van der Waals surface area contributed by atoms with E-state index in [2.05, 4.69) is 23.2 Å². The van der Waals surface area contributed by atoms with Crippen molar-refractivity contribution < 1.29 is 4.79 Å². The first kappa shape index (κ1) is 10.7. The number of hydrogen-bond donors (Lipinski definition) is 0. The lowest BCUT2D eigenvalue weighted by atomic mass is 9.90. The number of aldehydes is 1. The van der Waals surface area contributed by atoms with Crippen LogP contribution in [0.4, 0.5) is 0 Å². The number of hydrogen-bond acceptors (Lipinski definition) is 3. The number of aryl methyl sites for hydroxylation is 2. The van der Waals surface area contributed by atoms with Gasteiger partial charge in [0.25, 0.3) is 0 Å². The molecule has 86 valence electrons. The van der Waals surface area contributed by atoms with E-state index in [9.17, 15) is 4.79 Å². The predicted octanol–water partition coefficient (Wildman–Crippen LogP) is 3.50. The molecule has 17 heavy (non-hydrogen) atoms. The van der Waals surface area contributed by atoms with Gasteiger partial charge in [-0.05, 0) is 42.9 Å². The first-order chi connectivity index (χ1) is 8.36. The predicted molar refractivity (Wildman–Crippen MR) is 69.6 cm³/mol. The van der Waals surface area contributed by atoms with E-state index in [1.54, 1.807) is 0 Å². The average Bonchev–Trinajstić information content (AvgIpc) is 2.87. The van der Waals surface area contributed by atoms with E-state index >= 15 is 0 Å². The zero-order valence-electron chi connectivity index (χ0n) is 9.48. The highest BCUT2D eigenvalue weighted by molar-refractivity contribution is 7.13. The molecule has 0 atom stereocenters. The summed E-state index contributed by atoms with van der Waals surface area (Å²) in [6.45, 7) is 0. The molecule has 1 aromatic carbocycles. The van der Waals surface area contributed by atoms with Crippen LogP contribution in [0.5, 0.6) is 0 Å². The van der Waals surface area contributed by atoms with Crippen LogP contribution in [0.25, 0.3) is 10.6 Å². The maximum atomic E-state index is 10.6. The van der Waals surface area contributed by atoms with E-state index in [0.29, 0.717) is 5.69 Å². The highest BCUT2D eigenvalue weighted by atomic mass is 32.1. The monoisotopic (exact) mass is 243 g/mol. The summed E-state index contributed by atoms with van der Waals surface area (Å²) in [4.78, 5) is 14.9. The van der Waals surface area contributed by atoms with Gasteiger partial charge in [-0.1, -0.05) is 12.1 Å². The average molecular weight is 243 g/mol. The Hall–Kier alpha value is -1.48. The third-order valence-corrected chi connectivity index (χ3v) is 4.15. The van der Waals surface area contributed by atoms with Crippen LogP contribution in [0.15, 0.2) is 23.6 Å². The molecule has 0 unspecified atom stereocenters. The number of aromatic nitrogens is 1. The minimum absolute atomic E-state index is 0.530. The van der Waals surface area contributed by atoms with Crippen molar-refractivity contribution in [1.29, 1.82) is 0 Å². The van der Waals surface area contributed by atoms with Gasteiger partial charge in [0.05, 0.1) is 0 Å². The summed E-state index contributed by atoms with van der Waals surface area (Å²) in [7, 11) is 0. The highest BCUT2D eigenvalue weighted by Gasteiger charge is 2.11. The van der Waals surface area contributed by atoms with Crippen molar-refractivity contribution in [2.75, 3.05) is 0 Å². The fourth-order valence-corrected chi connectivity index (χ4v) is 3.10. The molecular formula is C14H13NOS. The lowest BCUT2D eigenvalue weighted by molar-refractivity contribution is 0.111. The number of rotatable bonds is 2. The molecule has 0 radical (unpaired) electrons. The van der Waals surface area contributed by atoms with Gasteiger partial charge >= 0.3 is 0 Å². The maximum Gasteiger partial charge on any atom is 0.169 e. The van der Waals surface area contributed by atoms with E-state index < -0.39 is 0 Å². The van der Waals surface area contributed by atoms with E-state index in [1.165, 1.54) is 48.1 Å². The Balaban J connectivity index is 2.00. The number of thiazole rings is 1. The topological polar surface area (TPSA) is 30.0 Å². The van der Waals surface area contributed by atoms with Gasteiger partial charge in [0.15, 0.2) is 6.29 Å². The fraction of sp³-hybridized carbons (Fsp3) is 0.286. The molecule has 0 amide bonds. The largest absolute Gasteiger partial charge is 0.296 e. The highest BCUT2D eigenvalue weighted by Crippen LogP contribution is 2.29. The van der Waals surface area contributed by atoms with Gasteiger partial charge in [-0.15, -0.1) is 11.3 Å². The van der Waals surface area contributed by atoms with E-state index in [0.717, 1.165) is 16.9 Å². The molecule has 3 heteroatoms. The Labute approximate surface area is 104 Å². The normalized spacial score (nSPS) is 14.4. The van der Waals surface area contributed by atoms with Gasteiger partial charge in [0, 0.05) is 10.9 Å². The van der Waals surface area contributed by atoms with Crippen molar-refractivity contribution in [2.24, 2.45) is 0 Å². The Morgan fingerprint density at radius 3 is 2.76 bits per heavy atom. The van der Waals surface area contributed by atoms with Crippen LogP contribution < -0.4 is 0 Å². The molecule has 0 fully saturated rings. The van der Waals surface area contributed by atoms with E-state index in [-0.39, 0.29) is 0 Å². The molecule has 1 heterocycles. The molecule has 1 aliphatic rings. The van der Waals surface area contributed by atoms with Crippen LogP contribution in [0.2, 0.25) is 0 Å². The molecule has 0 N–H and O–H groups in total. The molecule has 2 aromatic rings. The van der Waals surface area contributed by atoms with Crippen molar-refractivity contribution in [1.82, 2.24) is 4.98 Å². The maximum absolute atomic E-state index is 10.6. The number of carbonyl (C=O) groups excluding carboxylic acids is 1. The van der Waals surface area contributed by atoms with Crippen molar-refractivity contribution in [3.8, 4) is 10.6 Å². The van der Waals surface area contributed by atoms with Crippen LogP contribution in [-0.2, 0) is 12.8 Å². The zero-order chi connectivity index (χ0) is 11.7. The van der Waals surface area contributed by atoms with Gasteiger partial charge in [0.2, 0.25) is 0 Å². The molecule has 3 rings (SSSR count). The number of benzene rings is 1. The Morgan fingerprint density at radius 2 is 2.00 bits per heavy atom. The number of nitrogens with zero attached hydrogens (tertiary/aromatic N) is 1. The molecule has 1 aromatic heterocycles. The third-order valence-electron chi connectivity index (χ3n) is 3.24. The van der Waals surface area contributed by atoms with Crippen LogP contribution in [0.3, 0.4) is 0 Å². The standard InChI is InChI=1S/C14H13NOS/c16-8-13-9-17-14(15-13)12-6-5-10-3-1-2-4-11(10)7-12/h5-9H,1-4H2. The second-order valence-corrected chi connectivity index (χ2v) is 5.24. The summed E-state index contributed by atoms with van der Waals surface area (Å²) in [6.07, 6.45) is 5.77. The lowest BCUT2D eigenvalue weighted by Gasteiger charge is -2.15. The first-order valence-electron chi connectivity index (χ1n) is 5.90. The minimum Gasteiger partial charge on any atom is -0.296 e. The molecule has 2 nitrogen and oxygen atoms in total. The fourth-order valence-electron chi connectivity index (χ4n) is 2.34. The van der Waals surface area contributed by atoms with Gasteiger partial charge in [-0.2, -0.15) is 0 Å². The zero-order valence-corrected chi connectivity index (χ0v) is 10.3. The third kappa shape index (κ3) is 2.03. The molecule has 0 saturated heterocycles.